The van der Waals surface area contributed by atoms with Crippen LogP contribution < -0.4 is 16.5 Å². The molecule has 206 valence electrons. The monoisotopic (exact) mass is 536 g/mol. The summed E-state index contributed by atoms with van der Waals surface area (Å²) in [4.78, 5) is 55.8. The fourth-order valence-corrected chi connectivity index (χ4v) is 4.01. The number of urea groups is 1. The number of hydroxylamine groups is 1. The molecule has 11 nitrogen and oxygen atoms in total. The van der Waals surface area contributed by atoms with Crippen molar-refractivity contribution in [2.24, 2.45) is 11.7 Å². The Balaban J connectivity index is 2.10. The summed E-state index contributed by atoms with van der Waals surface area (Å²) in [5, 5.41) is 24.4. The molecule has 3 aromatic rings. The van der Waals surface area contributed by atoms with E-state index in [2.05, 4.69) is 10.8 Å². The van der Waals surface area contributed by atoms with Gasteiger partial charge < -0.3 is 31.0 Å². The summed E-state index contributed by atoms with van der Waals surface area (Å²) in [5.41, 5.74) is 8.41. The fourth-order valence-electron chi connectivity index (χ4n) is 4.01. The zero-order valence-electron chi connectivity index (χ0n) is 21.9. The molecule has 3 aromatic carbocycles. The molecule has 0 aromatic heterocycles. The van der Waals surface area contributed by atoms with Gasteiger partial charge in [0.25, 0.3) is 17.6 Å². The Morgan fingerprint density at radius 1 is 0.974 bits per heavy atom. The van der Waals surface area contributed by atoms with Crippen LogP contribution >= 0.6 is 0 Å². The number of amides is 4. The van der Waals surface area contributed by atoms with Crippen molar-refractivity contribution in [3.8, 4) is 11.1 Å². The maximum Gasteiger partial charge on any atom is 0.331 e. The first-order valence-corrected chi connectivity index (χ1v) is 12.4. The zero-order valence-corrected chi connectivity index (χ0v) is 21.9. The Morgan fingerprint density at radius 3 is 2.28 bits per heavy atom. The predicted molar refractivity (Wildman–Crippen MR) is 145 cm³/mol. The quantitative estimate of drug-likeness (QED) is 0.207. The number of carbonyl (C=O) groups is 4. The molecule has 0 fully saturated rings. The number of rotatable bonds is 9. The summed E-state index contributed by atoms with van der Waals surface area (Å²) in [6.07, 6.45) is 0.0307. The van der Waals surface area contributed by atoms with E-state index in [4.69, 9.17) is 10.6 Å². The van der Waals surface area contributed by atoms with Crippen molar-refractivity contribution in [3.63, 3.8) is 0 Å². The second-order valence-corrected chi connectivity index (χ2v) is 9.40. The lowest BCUT2D eigenvalue weighted by Crippen LogP contribution is -2.55. The largest absolute Gasteiger partial charge is 0.365 e. The van der Waals surface area contributed by atoms with Gasteiger partial charge in [0.05, 0.1) is 17.8 Å². The number of nitrogens with one attached hydrogen (secondary N) is 2. The molecule has 0 radical (unpaired) electrons. The molecule has 39 heavy (non-hydrogen) atoms. The number of hydrogen-bond acceptors (Lipinski definition) is 7. The third-order valence-electron chi connectivity index (χ3n) is 5.84. The van der Waals surface area contributed by atoms with Crippen LogP contribution in [0.5, 0.6) is 0 Å². The van der Waals surface area contributed by atoms with Crippen LogP contribution in [0.3, 0.4) is 0 Å². The summed E-state index contributed by atoms with van der Waals surface area (Å²) in [5.74, 6) is -5.95. The van der Waals surface area contributed by atoms with E-state index in [9.17, 15) is 29.4 Å². The van der Waals surface area contributed by atoms with Crippen molar-refractivity contribution in [1.82, 2.24) is 10.4 Å². The van der Waals surface area contributed by atoms with E-state index in [1.54, 1.807) is 32.9 Å². The molecule has 0 aliphatic carbocycles. The number of anilines is 1. The van der Waals surface area contributed by atoms with E-state index in [0.717, 1.165) is 15.7 Å². The van der Waals surface area contributed by atoms with E-state index >= 15 is 0 Å². The molecule has 6 N–H and O–H groups in total. The average Bonchev–Trinajstić information content (AvgIpc) is 2.90. The standard InChI is InChI=1S/C28H32N4O7/c1-4-23(33)39-31-25(34)24-21(20-12-7-10-18-9-5-6-11-19(18)20)13-8-14-22(24)30-27(36)32(15-17(2)3)16-28(37,38)26(29)35/h5-14,17,37-38H,4,15-16H2,1-3H3,(H2,29,35)(H,30,36)(H,31,34). The molecule has 0 spiro atoms. The molecular formula is C28H32N4O7. The van der Waals surface area contributed by atoms with Crippen LogP contribution in [0.25, 0.3) is 21.9 Å². The van der Waals surface area contributed by atoms with Gasteiger partial charge in [0, 0.05) is 13.0 Å². The molecule has 0 saturated heterocycles. The normalized spacial score (nSPS) is 11.2. The minimum atomic E-state index is -2.97. The summed E-state index contributed by atoms with van der Waals surface area (Å²) in [6.45, 7) is 4.40. The van der Waals surface area contributed by atoms with Crippen molar-refractivity contribution in [2.45, 2.75) is 33.0 Å². The summed E-state index contributed by atoms with van der Waals surface area (Å²) < 4.78 is 0. The highest BCUT2D eigenvalue weighted by molar-refractivity contribution is 6.11. The van der Waals surface area contributed by atoms with Gasteiger partial charge in [0.2, 0.25) is 0 Å². The summed E-state index contributed by atoms with van der Waals surface area (Å²) in [7, 11) is 0. The van der Waals surface area contributed by atoms with E-state index in [-0.39, 0.29) is 30.1 Å². The van der Waals surface area contributed by atoms with Gasteiger partial charge in [-0.15, -0.1) is 0 Å². The first-order chi connectivity index (χ1) is 18.4. The number of hydrogen-bond donors (Lipinski definition) is 5. The molecular weight excluding hydrogens is 504 g/mol. The van der Waals surface area contributed by atoms with Crippen LogP contribution in [0.4, 0.5) is 10.5 Å². The third kappa shape index (κ3) is 7.09. The van der Waals surface area contributed by atoms with Crippen LogP contribution in [0.2, 0.25) is 0 Å². The van der Waals surface area contributed by atoms with Gasteiger partial charge in [-0.05, 0) is 33.9 Å². The number of nitrogens with two attached hydrogens (primary N) is 1. The summed E-state index contributed by atoms with van der Waals surface area (Å²) in [6, 6.07) is 17.1. The van der Waals surface area contributed by atoms with Gasteiger partial charge in [0.15, 0.2) is 0 Å². The van der Waals surface area contributed by atoms with Crippen LogP contribution in [0.1, 0.15) is 37.6 Å². The Morgan fingerprint density at radius 2 is 1.62 bits per heavy atom. The number of fused-ring (bicyclic) bond motifs is 1. The van der Waals surface area contributed by atoms with E-state index < -0.39 is 36.1 Å². The highest BCUT2D eigenvalue weighted by atomic mass is 16.7. The number of nitrogens with zero attached hydrogens (tertiary/aromatic N) is 1. The predicted octanol–water partition coefficient (Wildman–Crippen LogP) is 2.76. The highest BCUT2D eigenvalue weighted by Gasteiger charge is 2.35. The van der Waals surface area contributed by atoms with E-state index in [1.807, 2.05) is 42.5 Å². The Kier molecular flexibility index (Phi) is 9.23. The van der Waals surface area contributed by atoms with E-state index in [1.165, 1.54) is 6.07 Å². The molecule has 0 atom stereocenters. The van der Waals surface area contributed by atoms with Gasteiger partial charge in [-0.3, -0.25) is 9.59 Å². The fraction of sp³-hybridized carbons (Fsp3) is 0.286. The average molecular weight is 537 g/mol. The van der Waals surface area contributed by atoms with Gasteiger partial charge in [0.1, 0.15) is 0 Å². The minimum Gasteiger partial charge on any atom is -0.365 e. The second kappa shape index (κ2) is 12.4. The molecule has 0 aliphatic heterocycles. The number of benzene rings is 3. The van der Waals surface area contributed by atoms with Crippen molar-refractivity contribution >= 4 is 40.3 Å². The molecule has 0 saturated carbocycles. The topological polar surface area (TPSA) is 171 Å². The Bertz CT molecular complexity index is 1380. The number of primary amides is 1. The van der Waals surface area contributed by atoms with Crippen molar-refractivity contribution in [2.75, 3.05) is 18.4 Å². The minimum absolute atomic E-state index is 0.00441. The Labute approximate surface area is 225 Å². The van der Waals surface area contributed by atoms with Gasteiger partial charge in [-0.25, -0.2) is 9.59 Å². The molecule has 4 amide bonds. The van der Waals surface area contributed by atoms with Gasteiger partial charge in [-0.2, -0.15) is 5.48 Å². The van der Waals surface area contributed by atoms with Gasteiger partial charge in [-0.1, -0.05) is 75.4 Å². The lowest BCUT2D eigenvalue weighted by molar-refractivity contribution is -0.185. The number of carbonyl (C=O) groups excluding carboxylic acids is 4. The van der Waals surface area contributed by atoms with E-state index in [0.29, 0.717) is 11.1 Å². The number of aliphatic hydroxyl groups is 2. The second-order valence-electron chi connectivity index (χ2n) is 9.40. The smallest absolute Gasteiger partial charge is 0.331 e. The van der Waals surface area contributed by atoms with Crippen LogP contribution in [-0.2, 0) is 14.4 Å². The molecule has 3 rings (SSSR count). The first-order valence-electron chi connectivity index (χ1n) is 12.4. The molecule has 0 bridgehead atoms. The lowest BCUT2D eigenvalue weighted by Gasteiger charge is -2.30. The van der Waals surface area contributed by atoms with Crippen LogP contribution in [-0.4, -0.2) is 57.8 Å². The maximum atomic E-state index is 13.4. The Hall–Kier alpha value is -4.48. The first kappa shape index (κ1) is 29.1. The lowest BCUT2D eigenvalue weighted by atomic mass is 9.93. The molecule has 0 heterocycles. The molecule has 0 aliphatic rings. The highest BCUT2D eigenvalue weighted by Crippen LogP contribution is 2.34. The zero-order chi connectivity index (χ0) is 28.7. The third-order valence-corrected chi connectivity index (χ3v) is 5.84. The summed E-state index contributed by atoms with van der Waals surface area (Å²) >= 11 is 0. The van der Waals surface area contributed by atoms with Crippen molar-refractivity contribution < 1.29 is 34.2 Å². The SMILES string of the molecule is CCC(=O)ONC(=O)c1c(NC(=O)N(CC(C)C)CC(O)(O)C(N)=O)cccc1-c1cccc2ccccc12. The maximum absolute atomic E-state index is 13.4. The van der Waals surface area contributed by atoms with Gasteiger partial charge >= 0.3 is 12.0 Å². The van der Waals surface area contributed by atoms with Crippen LogP contribution in [0.15, 0.2) is 60.7 Å². The molecule has 0 unspecified atom stereocenters. The van der Waals surface area contributed by atoms with Crippen molar-refractivity contribution in [1.29, 1.82) is 0 Å². The van der Waals surface area contributed by atoms with Crippen molar-refractivity contribution in [3.05, 3.63) is 66.2 Å². The van der Waals surface area contributed by atoms with Crippen LogP contribution in [0, 0.1) is 5.92 Å². The molecule has 11 heteroatoms.